The zero-order valence-corrected chi connectivity index (χ0v) is 64.3. The van der Waals surface area contributed by atoms with Gasteiger partial charge in [0.1, 0.15) is 17.3 Å². The van der Waals surface area contributed by atoms with Gasteiger partial charge in [-0.25, -0.2) is 44.9 Å². The number of aryl methyl sites for hydroxylation is 13. The summed E-state index contributed by atoms with van der Waals surface area (Å²) in [6, 6.07) is 38.3. The van der Waals surface area contributed by atoms with Crippen LogP contribution in [-0.4, -0.2) is 81.6 Å². The van der Waals surface area contributed by atoms with E-state index < -0.39 is 0 Å². The van der Waals surface area contributed by atoms with Crippen molar-refractivity contribution in [2.24, 2.45) is 14.1 Å². The summed E-state index contributed by atoms with van der Waals surface area (Å²) in [4.78, 5) is 47.1. The second-order valence-electron chi connectivity index (χ2n) is 19.5. The zero-order chi connectivity index (χ0) is 73.3. The van der Waals surface area contributed by atoms with Crippen molar-refractivity contribution in [3.63, 3.8) is 0 Å². The minimum Gasteiger partial charge on any atom is -0.331 e. The molecule has 17 heteroatoms. The van der Waals surface area contributed by atoms with Crippen molar-refractivity contribution in [1.82, 2.24) is 81.6 Å². The predicted octanol–water partition coefficient (Wildman–Crippen LogP) is 21.1. The van der Waals surface area contributed by atoms with Gasteiger partial charge in [-0.15, -0.1) is 0 Å². The van der Waals surface area contributed by atoms with Crippen LogP contribution in [0.5, 0.6) is 0 Å². The minimum absolute atomic E-state index is 0.780. The van der Waals surface area contributed by atoms with E-state index in [0.29, 0.717) is 0 Å². The maximum atomic E-state index is 4.41. The van der Waals surface area contributed by atoms with E-state index in [0.717, 1.165) is 102 Å². The predicted molar refractivity (Wildman–Crippen MR) is 416 cm³/mol. The number of benzene rings is 3. The van der Waals surface area contributed by atoms with Crippen LogP contribution in [-0.2, 0) is 14.1 Å². The average molecular weight is 1310 g/mol. The van der Waals surface area contributed by atoms with E-state index in [4.69, 9.17) is 0 Å². The normalized spacial score (nSPS) is 9.49. The Morgan fingerprint density at radius 2 is 0.619 bits per heavy atom. The zero-order valence-electron chi connectivity index (χ0n) is 64.3. The number of nitrogens with zero attached hydrogens (tertiary/aromatic N) is 17. The molecular formula is C80H115N17. The SMILES string of the molecule is CC.CC.CC.CC.CC.CC.CC.CC.Cc1cc2cccnc2c2ncccc12.Cc1nc2ccccc2n1C.Cc1nc2ccccc2n1C.Cc1nc2ccccn2c1C.Cc1nc2ncccn2c1C.Cc1nc2ncccn2c1C.Cc1nc2ncccn2c1C. The van der Waals surface area contributed by atoms with Gasteiger partial charge in [0.05, 0.1) is 55.9 Å². The molecular weight excluding hydrogens is 1200 g/mol. The van der Waals surface area contributed by atoms with Gasteiger partial charge in [0, 0.05) is 103 Å². The largest absolute Gasteiger partial charge is 0.331 e. The fourth-order valence-corrected chi connectivity index (χ4v) is 9.06. The van der Waals surface area contributed by atoms with Crippen LogP contribution in [0.1, 0.15) is 174 Å². The summed E-state index contributed by atoms with van der Waals surface area (Å²) in [6.45, 7) is 54.3. The van der Waals surface area contributed by atoms with E-state index in [9.17, 15) is 0 Å². The summed E-state index contributed by atoms with van der Waals surface area (Å²) in [5.41, 5.74) is 17.8. The van der Waals surface area contributed by atoms with Crippen molar-refractivity contribution in [3.8, 4) is 0 Å². The molecule has 0 saturated carbocycles. The van der Waals surface area contributed by atoms with Crippen molar-refractivity contribution < 1.29 is 0 Å². The highest BCUT2D eigenvalue weighted by molar-refractivity contribution is 6.04. The molecule has 0 fully saturated rings. The van der Waals surface area contributed by atoms with Gasteiger partial charge in [0.25, 0.3) is 0 Å². The molecule has 0 aliphatic carbocycles. The third kappa shape index (κ3) is 23.1. The molecule has 520 valence electrons. The fourth-order valence-electron chi connectivity index (χ4n) is 9.06. The standard InChI is InChI=1S/C13H10N2.3C9H10N2.3C8H9N3.8C2H6/c1-9-8-10-4-2-6-14-12(10)13-11(9)5-3-7-15-13;2*1-7-10-8-5-3-4-6-9(8)11(7)2;1-7-8(2)11-6-4-3-5-9(11)10-7;3*1-6-7(2)11-5-3-4-9-8(11)10-6;8*1-2/h2-8H,1H3;3*3-6H,1-2H3;3*3-5H,1-2H3;8*1-2H3. The molecule has 0 spiro atoms. The molecule has 15 aromatic rings. The second kappa shape index (κ2) is 46.2. The first kappa shape index (κ1) is 85.0. The third-order valence-electron chi connectivity index (χ3n) is 14.3. The number of rotatable bonds is 0. The van der Waals surface area contributed by atoms with E-state index in [1.165, 1.54) is 27.7 Å². The quantitative estimate of drug-likeness (QED) is 0.132. The van der Waals surface area contributed by atoms with Crippen LogP contribution in [0.25, 0.3) is 66.9 Å². The summed E-state index contributed by atoms with van der Waals surface area (Å²) in [7, 11) is 4.06. The molecule has 12 aromatic heterocycles. The summed E-state index contributed by atoms with van der Waals surface area (Å²) < 4.78 is 12.2. The van der Waals surface area contributed by atoms with Gasteiger partial charge in [0.15, 0.2) is 0 Å². The first-order valence-corrected chi connectivity index (χ1v) is 34.6. The van der Waals surface area contributed by atoms with Crippen LogP contribution in [0, 0.1) is 76.2 Å². The van der Waals surface area contributed by atoms with Gasteiger partial charge in [-0.05, 0) is 155 Å². The Labute approximate surface area is 580 Å². The highest BCUT2D eigenvalue weighted by atomic mass is 15.1. The molecule has 3 aromatic carbocycles. The number of para-hydroxylation sites is 4. The third-order valence-corrected chi connectivity index (χ3v) is 14.3. The van der Waals surface area contributed by atoms with Crippen molar-refractivity contribution in [3.05, 3.63) is 234 Å². The highest BCUT2D eigenvalue weighted by Gasteiger charge is 2.08. The molecule has 15 rings (SSSR count). The van der Waals surface area contributed by atoms with Gasteiger partial charge in [-0.2, -0.15) is 0 Å². The van der Waals surface area contributed by atoms with Gasteiger partial charge in [-0.3, -0.25) is 23.2 Å². The molecule has 0 aliphatic rings. The van der Waals surface area contributed by atoms with Crippen molar-refractivity contribution in [2.45, 2.75) is 187 Å². The number of hydrogen-bond donors (Lipinski definition) is 0. The molecule has 0 unspecified atom stereocenters. The summed E-state index contributed by atoms with van der Waals surface area (Å²) >= 11 is 0. The number of fused-ring (bicyclic) bond motifs is 9. The first-order chi connectivity index (χ1) is 47.1. The Morgan fingerprint density at radius 3 is 1.00 bits per heavy atom. The molecule has 0 bridgehead atoms. The van der Waals surface area contributed by atoms with Crippen LogP contribution in [0.3, 0.4) is 0 Å². The number of hydrogen-bond acceptors (Lipinski definition) is 11. The van der Waals surface area contributed by atoms with Crippen LogP contribution in [0.2, 0.25) is 0 Å². The molecule has 0 saturated heterocycles. The monoisotopic (exact) mass is 1310 g/mol. The number of pyridine rings is 3. The smallest absolute Gasteiger partial charge is 0.234 e. The topological polar surface area (TPSA) is 169 Å². The highest BCUT2D eigenvalue weighted by Crippen LogP contribution is 2.25. The van der Waals surface area contributed by atoms with Crippen molar-refractivity contribution >= 4 is 66.9 Å². The van der Waals surface area contributed by atoms with E-state index in [1.807, 2.05) is 323 Å². The molecule has 12 heterocycles. The molecule has 97 heavy (non-hydrogen) atoms. The molecule has 17 nitrogen and oxygen atoms in total. The Hall–Kier alpha value is -10.0. The van der Waals surface area contributed by atoms with E-state index in [2.05, 4.69) is 113 Å². The Balaban J connectivity index is 0.000000547. The molecule has 0 radical (unpaired) electrons. The van der Waals surface area contributed by atoms with Crippen molar-refractivity contribution in [1.29, 1.82) is 0 Å². The fraction of sp³-hybridized carbons (Fsp3) is 0.362. The van der Waals surface area contributed by atoms with Gasteiger partial charge in [0.2, 0.25) is 17.3 Å². The molecule has 0 atom stereocenters. The van der Waals surface area contributed by atoms with Crippen LogP contribution in [0.15, 0.2) is 171 Å². The van der Waals surface area contributed by atoms with Crippen LogP contribution >= 0.6 is 0 Å². The number of imidazole rings is 6. The summed E-state index contributed by atoms with van der Waals surface area (Å²) in [6.07, 6.45) is 16.8. The van der Waals surface area contributed by atoms with E-state index in [1.54, 1.807) is 18.6 Å². The minimum atomic E-state index is 0.780. The lowest BCUT2D eigenvalue weighted by Crippen LogP contribution is -1.89. The van der Waals surface area contributed by atoms with Gasteiger partial charge >= 0.3 is 0 Å². The van der Waals surface area contributed by atoms with Gasteiger partial charge in [-0.1, -0.05) is 153 Å². The van der Waals surface area contributed by atoms with E-state index >= 15 is 0 Å². The summed E-state index contributed by atoms with van der Waals surface area (Å²) in [5, 5.41) is 2.34. The molecule has 0 aliphatic heterocycles. The Kier molecular flexibility index (Phi) is 40.4. The maximum absolute atomic E-state index is 4.41. The summed E-state index contributed by atoms with van der Waals surface area (Å²) in [5.74, 6) is 4.46. The lowest BCUT2D eigenvalue weighted by Gasteiger charge is -2.04. The molecule has 0 N–H and O–H groups in total. The van der Waals surface area contributed by atoms with Crippen LogP contribution in [0.4, 0.5) is 0 Å². The second-order valence-corrected chi connectivity index (χ2v) is 19.5. The maximum Gasteiger partial charge on any atom is 0.234 e. The first-order valence-electron chi connectivity index (χ1n) is 34.6. The van der Waals surface area contributed by atoms with Crippen molar-refractivity contribution in [2.75, 3.05) is 0 Å². The number of aromatic nitrogens is 17. The average Bonchev–Trinajstić information content (AvgIpc) is 1.74. The Bertz CT molecular complexity index is 4010. The molecule has 0 amide bonds. The Morgan fingerprint density at radius 1 is 0.289 bits per heavy atom. The lowest BCUT2D eigenvalue weighted by atomic mass is 10.1. The lowest BCUT2D eigenvalue weighted by molar-refractivity contribution is 0.886. The van der Waals surface area contributed by atoms with E-state index in [-0.39, 0.29) is 0 Å². The van der Waals surface area contributed by atoms with Gasteiger partial charge < -0.3 is 13.5 Å². The van der Waals surface area contributed by atoms with Crippen LogP contribution < -0.4 is 0 Å².